The normalized spacial score (nSPS) is 30.0. The molecule has 1 aliphatic rings. The first-order chi connectivity index (χ1) is 7.29. The fourth-order valence-corrected chi connectivity index (χ4v) is 2.84. The fourth-order valence-electron chi connectivity index (χ4n) is 2.84. The molecule has 1 heteroatoms. The highest BCUT2D eigenvalue weighted by Crippen LogP contribution is 2.47. The molecule has 0 saturated heterocycles. The molecule has 1 fully saturated rings. The number of carbonyl (C=O) groups excluding carboxylic acids is 1. The molecule has 1 aliphatic carbocycles. The lowest BCUT2D eigenvalue weighted by Crippen LogP contribution is -2.45. The molecule has 2 unspecified atom stereocenters. The van der Waals surface area contributed by atoms with Crippen molar-refractivity contribution in [1.82, 2.24) is 0 Å². The Morgan fingerprint density at radius 2 is 1.53 bits per heavy atom. The number of Topliss-reactive ketones (excluding diaryl/α,β-unsaturated/α-hetero) is 1. The van der Waals surface area contributed by atoms with Crippen molar-refractivity contribution < 1.29 is 4.79 Å². The summed E-state index contributed by atoms with van der Waals surface area (Å²) >= 11 is 0. The SMILES string of the molecule is CCC1C(=O)C(CC)C1c1ccccc1. The molecule has 0 radical (unpaired) electrons. The van der Waals surface area contributed by atoms with E-state index in [1.807, 2.05) is 6.07 Å². The third-order valence-electron chi connectivity index (χ3n) is 3.66. The monoisotopic (exact) mass is 202 g/mol. The number of benzene rings is 1. The van der Waals surface area contributed by atoms with E-state index < -0.39 is 0 Å². The van der Waals surface area contributed by atoms with Crippen LogP contribution in [0.1, 0.15) is 38.2 Å². The van der Waals surface area contributed by atoms with Gasteiger partial charge in [-0.1, -0.05) is 44.2 Å². The van der Waals surface area contributed by atoms with E-state index in [-0.39, 0.29) is 11.8 Å². The molecule has 15 heavy (non-hydrogen) atoms. The summed E-state index contributed by atoms with van der Waals surface area (Å²) in [6.07, 6.45) is 1.96. The second-order valence-corrected chi connectivity index (χ2v) is 4.37. The Hall–Kier alpha value is -1.11. The van der Waals surface area contributed by atoms with Gasteiger partial charge in [0.1, 0.15) is 5.78 Å². The van der Waals surface area contributed by atoms with Crippen LogP contribution in [0.5, 0.6) is 0 Å². The van der Waals surface area contributed by atoms with Gasteiger partial charge < -0.3 is 0 Å². The van der Waals surface area contributed by atoms with Gasteiger partial charge in [-0.05, 0) is 18.4 Å². The summed E-state index contributed by atoms with van der Waals surface area (Å²) < 4.78 is 0. The van der Waals surface area contributed by atoms with Crippen LogP contribution in [0, 0.1) is 11.8 Å². The van der Waals surface area contributed by atoms with Gasteiger partial charge >= 0.3 is 0 Å². The van der Waals surface area contributed by atoms with Crippen molar-refractivity contribution in [2.45, 2.75) is 32.6 Å². The van der Waals surface area contributed by atoms with E-state index in [1.165, 1.54) is 5.56 Å². The van der Waals surface area contributed by atoms with Gasteiger partial charge in [0, 0.05) is 17.8 Å². The highest BCUT2D eigenvalue weighted by atomic mass is 16.1. The molecular weight excluding hydrogens is 184 g/mol. The number of ketones is 1. The summed E-state index contributed by atoms with van der Waals surface area (Å²) in [5, 5.41) is 0. The van der Waals surface area contributed by atoms with Crippen molar-refractivity contribution in [2.75, 3.05) is 0 Å². The maximum absolute atomic E-state index is 11.8. The molecule has 0 heterocycles. The second-order valence-electron chi connectivity index (χ2n) is 4.37. The van der Waals surface area contributed by atoms with Gasteiger partial charge in [-0.2, -0.15) is 0 Å². The van der Waals surface area contributed by atoms with Gasteiger partial charge in [-0.3, -0.25) is 4.79 Å². The Balaban J connectivity index is 2.24. The molecule has 0 spiro atoms. The van der Waals surface area contributed by atoms with Gasteiger partial charge in [0.2, 0.25) is 0 Å². The summed E-state index contributed by atoms with van der Waals surface area (Å²) in [6.45, 7) is 4.23. The molecule has 2 rings (SSSR count). The van der Waals surface area contributed by atoms with Gasteiger partial charge in [0.15, 0.2) is 0 Å². The van der Waals surface area contributed by atoms with E-state index in [4.69, 9.17) is 0 Å². The van der Waals surface area contributed by atoms with Gasteiger partial charge in [0.05, 0.1) is 0 Å². The zero-order valence-corrected chi connectivity index (χ0v) is 9.44. The Bertz CT molecular complexity index is 328. The largest absolute Gasteiger partial charge is 0.299 e. The quantitative estimate of drug-likeness (QED) is 0.734. The predicted octanol–water partition coefficient (Wildman–Crippen LogP) is 3.41. The van der Waals surface area contributed by atoms with Crippen LogP contribution >= 0.6 is 0 Å². The molecule has 1 aromatic rings. The van der Waals surface area contributed by atoms with Crippen molar-refractivity contribution in [3.8, 4) is 0 Å². The average Bonchev–Trinajstić information content (AvgIpc) is 2.28. The van der Waals surface area contributed by atoms with Crippen LogP contribution in [-0.4, -0.2) is 5.78 Å². The minimum atomic E-state index is 0.275. The molecule has 1 aromatic carbocycles. The number of hydrogen-bond acceptors (Lipinski definition) is 1. The second kappa shape index (κ2) is 4.18. The van der Waals surface area contributed by atoms with E-state index in [9.17, 15) is 4.79 Å². The molecule has 0 aromatic heterocycles. The van der Waals surface area contributed by atoms with Crippen molar-refractivity contribution >= 4 is 5.78 Å². The van der Waals surface area contributed by atoms with Crippen LogP contribution in [0.2, 0.25) is 0 Å². The van der Waals surface area contributed by atoms with Crippen molar-refractivity contribution in [1.29, 1.82) is 0 Å². The number of rotatable bonds is 3. The maximum Gasteiger partial charge on any atom is 0.140 e. The van der Waals surface area contributed by atoms with Crippen LogP contribution in [0.15, 0.2) is 30.3 Å². The molecule has 0 bridgehead atoms. The molecule has 0 N–H and O–H groups in total. The van der Waals surface area contributed by atoms with Crippen LogP contribution in [0.4, 0.5) is 0 Å². The summed E-state index contributed by atoms with van der Waals surface area (Å²) in [4.78, 5) is 11.8. The fraction of sp³-hybridized carbons (Fsp3) is 0.500. The van der Waals surface area contributed by atoms with Crippen LogP contribution in [0.3, 0.4) is 0 Å². The first-order valence-electron chi connectivity index (χ1n) is 5.88. The lowest BCUT2D eigenvalue weighted by Gasteiger charge is -2.42. The minimum absolute atomic E-state index is 0.275. The van der Waals surface area contributed by atoms with E-state index in [2.05, 4.69) is 38.1 Å². The molecule has 0 aliphatic heterocycles. The Labute approximate surface area is 91.5 Å². The highest BCUT2D eigenvalue weighted by molar-refractivity contribution is 5.91. The first-order valence-corrected chi connectivity index (χ1v) is 5.88. The zero-order valence-electron chi connectivity index (χ0n) is 9.44. The average molecular weight is 202 g/mol. The summed E-state index contributed by atoms with van der Waals surface area (Å²) in [5.74, 6) is 1.51. The van der Waals surface area contributed by atoms with Gasteiger partial charge in [-0.25, -0.2) is 0 Å². The van der Waals surface area contributed by atoms with Crippen molar-refractivity contribution in [2.24, 2.45) is 11.8 Å². The van der Waals surface area contributed by atoms with Crippen LogP contribution in [0.25, 0.3) is 0 Å². The van der Waals surface area contributed by atoms with Gasteiger partial charge in [-0.15, -0.1) is 0 Å². The molecule has 1 nitrogen and oxygen atoms in total. The lowest BCUT2D eigenvalue weighted by atomic mass is 9.59. The predicted molar refractivity (Wildman–Crippen MR) is 61.8 cm³/mol. The van der Waals surface area contributed by atoms with Crippen LogP contribution < -0.4 is 0 Å². The van der Waals surface area contributed by atoms with E-state index >= 15 is 0 Å². The maximum atomic E-state index is 11.8. The first kappa shape index (κ1) is 10.4. The third-order valence-corrected chi connectivity index (χ3v) is 3.66. The molecule has 0 amide bonds. The molecule has 2 atom stereocenters. The summed E-state index contributed by atoms with van der Waals surface area (Å²) in [7, 11) is 0. The zero-order chi connectivity index (χ0) is 10.8. The summed E-state index contributed by atoms with van der Waals surface area (Å²) in [6, 6.07) is 10.5. The van der Waals surface area contributed by atoms with E-state index in [1.54, 1.807) is 0 Å². The standard InChI is InChI=1S/C14H18O/c1-3-11-13(12(4-2)14(11)15)10-8-6-5-7-9-10/h5-9,11-13H,3-4H2,1-2H3. The topological polar surface area (TPSA) is 17.1 Å². The molecule has 80 valence electrons. The Kier molecular flexibility index (Phi) is 2.90. The third kappa shape index (κ3) is 1.60. The number of carbonyl (C=O) groups is 1. The minimum Gasteiger partial charge on any atom is -0.299 e. The highest BCUT2D eigenvalue weighted by Gasteiger charge is 2.47. The summed E-state index contributed by atoms with van der Waals surface area (Å²) in [5.41, 5.74) is 1.34. The Morgan fingerprint density at radius 1 is 1.00 bits per heavy atom. The van der Waals surface area contributed by atoms with E-state index in [0.29, 0.717) is 11.7 Å². The van der Waals surface area contributed by atoms with Crippen molar-refractivity contribution in [3.63, 3.8) is 0 Å². The van der Waals surface area contributed by atoms with Crippen molar-refractivity contribution in [3.05, 3.63) is 35.9 Å². The van der Waals surface area contributed by atoms with Gasteiger partial charge in [0.25, 0.3) is 0 Å². The lowest BCUT2D eigenvalue weighted by molar-refractivity contribution is -0.138. The number of hydrogen-bond donors (Lipinski definition) is 0. The molecule has 1 saturated carbocycles. The van der Waals surface area contributed by atoms with Crippen LogP contribution in [-0.2, 0) is 4.79 Å². The molecular formula is C14H18O. The van der Waals surface area contributed by atoms with E-state index in [0.717, 1.165) is 12.8 Å². The smallest absolute Gasteiger partial charge is 0.140 e. The Morgan fingerprint density at radius 3 is 2.00 bits per heavy atom.